The van der Waals surface area contributed by atoms with Gasteiger partial charge in [-0.05, 0) is 62.0 Å². The summed E-state index contributed by atoms with van der Waals surface area (Å²) < 4.78 is 19.2. The molecular weight excluding hydrogens is 411 g/mol. The van der Waals surface area contributed by atoms with Gasteiger partial charge >= 0.3 is 0 Å². The van der Waals surface area contributed by atoms with E-state index < -0.39 is 23.5 Å². The van der Waals surface area contributed by atoms with E-state index in [1.807, 2.05) is 32.8 Å². The number of nitrogens with zero attached hydrogens (tertiary/aromatic N) is 2. The number of ketones is 1. The normalized spacial score (nSPS) is 18.1. The van der Waals surface area contributed by atoms with Crippen LogP contribution in [0.15, 0.2) is 54.1 Å². The molecule has 2 aromatic rings. The summed E-state index contributed by atoms with van der Waals surface area (Å²) >= 11 is 0. The lowest BCUT2D eigenvalue weighted by Gasteiger charge is -2.26. The van der Waals surface area contributed by atoms with E-state index in [1.165, 1.54) is 29.2 Å². The van der Waals surface area contributed by atoms with Crippen LogP contribution >= 0.6 is 0 Å². The maximum absolute atomic E-state index is 13.5. The van der Waals surface area contributed by atoms with Crippen molar-refractivity contribution in [1.82, 2.24) is 9.80 Å². The van der Waals surface area contributed by atoms with Gasteiger partial charge in [0.05, 0.1) is 18.2 Å². The topological polar surface area (TPSA) is 70.1 Å². The number of benzene rings is 2. The number of carbonyl (C=O) groups is 2. The van der Waals surface area contributed by atoms with Gasteiger partial charge in [0, 0.05) is 18.7 Å². The van der Waals surface area contributed by atoms with Crippen LogP contribution in [0, 0.1) is 11.7 Å². The Balaban J connectivity index is 2.02. The quantitative estimate of drug-likeness (QED) is 0.384. The predicted octanol–water partition coefficient (Wildman–Crippen LogP) is 3.84. The number of likely N-dealkylation sites (N-methyl/N-ethyl adjacent to an activating group) is 1. The fourth-order valence-electron chi connectivity index (χ4n) is 3.54. The van der Waals surface area contributed by atoms with Crippen molar-refractivity contribution in [3.05, 3.63) is 71.0 Å². The van der Waals surface area contributed by atoms with Crippen molar-refractivity contribution in [3.63, 3.8) is 0 Å². The Labute approximate surface area is 187 Å². The zero-order valence-corrected chi connectivity index (χ0v) is 18.8. The lowest BCUT2D eigenvalue weighted by Crippen LogP contribution is -2.35. The molecule has 1 heterocycles. The molecule has 1 N–H and O–H groups in total. The van der Waals surface area contributed by atoms with Crippen molar-refractivity contribution < 1.29 is 23.8 Å². The molecule has 1 amide bonds. The zero-order valence-electron chi connectivity index (χ0n) is 18.8. The molecule has 1 unspecified atom stereocenters. The standard InChI is InChI=1S/C25H29FN2O4/c1-16(2)15-32-20-11-7-18(8-12-20)23(29)21-22(17-5-9-19(26)10-6-17)28(14-13-27(3)4)25(31)24(21)30/h5-12,16,22,29H,13-15H2,1-4H3/b23-21-. The summed E-state index contributed by atoms with van der Waals surface area (Å²) in [6.07, 6.45) is 0. The molecule has 1 aliphatic heterocycles. The Morgan fingerprint density at radius 1 is 1.09 bits per heavy atom. The summed E-state index contributed by atoms with van der Waals surface area (Å²) in [5, 5.41) is 11.1. The first-order valence-electron chi connectivity index (χ1n) is 10.6. The molecule has 0 aliphatic carbocycles. The number of ether oxygens (including phenoxy) is 1. The second kappa shape index (κ2) is 9.96. The van der Waals surface area contributed by atoms with Crippen LogP contribution in [0.5, 0.6) is 5.75 Å². The lowest BCUT2D eigenvalue weighted by molar-refractivity contribution is -0.140. The van der Waals surface area contributed by atoms with Crippen LogP contribution in [0.2, 0.25) is 0 Å². The number of amides is 1. The first-order chi connectivity index (χ1) is 15.2. The largest absolute Gasteiger partial charge is 0.507 e. The van der Waals surface area contributed by atoms with Gasteiger partial charge < -0.3 is 19.6 Å². The zero-order chi connectivity index (χ0) is 23.4. The van der Waals surface area contributed by atoms with Gasteiger partial charge in [0.2, 0.25) is 0 Å². The van der Waals surface area contributed by atoms with Gasteiger partial charge in [0.25, 0.3) is 11.7 Å². The third-order valence-corrected chi connectivity index (χ3v) is 5.22. The molecule has 32 heavy (non-hydrogen) atoms. The van der Waals surface area contributed by atoms with E-state index in [2.05, 4.69) is 0 Å². The van der Waals surface area contributed by atoms with Crippen LogP contribution in [0.4, 0.5) is 4.39 Å². The molecule has 2 aromatic carbocycles. The molecule has 6 nitrogen and oxygen atoms in total. The molecule has 0 aromatic heterocycles. The second-order valence-corrected chi connectivity index (χ2v) is 8.58. The maximum Gasteiger partial charge on any atom is 0.295 e. The Morgan fingerprint density at radius 2 is 1.72 bits per heavy atom. The SMILES string of the molecule is CC(C)COc1ccc(/C(O)=C2/C(=O)C(=O)N(CCN(C)C)C2c2ccc(F)cc2)cc1. The van der Waals surface area contributed by atoms with E-state index in [4.69, 9.17) is 4.74 Å². The van der Waals surface area contributed by atoms with Crippen molar-refractivity contribution in [2.45, 2.75) is 19.9 Å². The lowest BCUT2D eigenvalue weighted by atomic mass is 9.95. The van der Waals surface area contributed by atoms with E-state index in [0.29, 0.717) is 42.5 Å². The fourth-order valence-corrected chi connectivity index (χ4v) is 3.54. The van der Waals surface area contributed by atoms with Gasteiger partial charge in [-0.2, -0.15) is 0 Å². The molecule has 0 bridgehead atoms. The van der Waals surface area contributed by atoms with Crippen molar-refractivity contribution >= 4 is 17.4 Å². The maximum atomic E-state index is 13.5. The molecular formula is C25H29FN2O4. The number of Topliss-reactive ketones (excluding diaryl/α,β-unsaturated/α-hetero) is 1. The molecule has 0 radical (unpaired) electrons. The molecule has 1 fully saturated rings. The number of halogens is 1. The van der Waals surface area contributed by atoms with E-state index >= 15 is 0 Å². The van der Waals surface area contributed by atoms with E-state index in [1.54, 1.807) is 24.3 Å². The number of hydrogen-bond acceptors (Lipinski definition) is 5. The van der Waals surface area contributed by atoms with Gasteiger partial charge in [0.1, 0.15) is 17.3 Å². The van der Waals surface area contributed by atoms with Gasteiger partial charge in [-0.25, -0.2) is 4.39 Å². The fraction of sp³-hybridized carbons (Fsp3) is 0.360. The van der Waals surface area contributed by atoms with E-state index in [-0.39, 0.29) is 11.3 Å². The van der Waals surface area contributed by atoms with Crippen LogP contribution in [0.3, 0.4) is 0 Å². The highest BCUT2D eigenvalue weighted by Gasteiger charge is 2.45. The van der Waals surface area contributed by atoms with Gasteiger partial charge in [-0.1, -0.05) is 26.0 Å². The Kier molecular flexibility index (Phi) is 7.30. The summed E-state index contributed by atoms with van der Waals surface area (Å²) in [5.41, 5.74) is 0.957. The number of hydrogen-bond donors (Lipinski definition) is 1. The Bertz CT molecular complexity index is 998. The highest BCUT2D eigenvalue weighted by atomic mass is 19.1. The number of rotatable bonds is 8. The molecule has 170 valence electrons. The van der Waals surface area contributed by atoms with Crippen molar-refractivity contribution in [2.75, 3.05) is 33.8 Å². The van der Waals surface area contributed by atoms with Gasteiger partial charge in [0.15, 0.2) is 0 Å². The van der Waals surface area contributed by atoms with Crippen LogP contribution in [0.25, 0.3) is 5.76 Å². The Morgan fingerprint density at radius 3 is 2.28 bits per heavy atom. The highest BCUT2D eigenvalue weighted by Crippen LogP contribution is 2.39. The van der Waals surface area contributed by atoms with Crippen molar-refractivity contribution in [1.29, 1.82) is 0 Å². The van der Waals surface area contributed by atoms with Crippen LogP contribution < -0.4 is 4.74 Å². The number of carbonyl (C=O) groups excluding carboxylic acids is 2. The third-order valence-electron chi connectivity index (χ3n) is 5.22. The van der Waals surface area contributed by atoms with Crippen LogP contribution in [0.1, 0.15) is 31.0 Å². The first-order valence-corrected chi connectivity index (χ1v) is 10.6. The average Bonchev–Trinajstić information content (AvgIpc) is 3.01. The summed E-state index contributed by atoms with van der Waals surface area (Å²) in [6.45, 7) is 5.48. The summed E-state index contributed by atoms with van der Waals surface area (Å²) in [5.74, 6) is -1.10. The third kappa shape index (κ3) is 5.16. The Hall–Kier alpha value is -3.19. The molecule has 0 saturated carbocycles. The first kappa shape index (κ1) is 23.5. The minimum atomic E-state index is -0.799. The molecule has 3 rings (SSSR count). The van der Waals surface area contributed by atoms with Gasteiger partial charge in [-0.3, -0.25) is 9.59 Å². The number of likely N-dealkylation sites (tertiary alicyclic amines) is 1. The van der Waals surface area contributed by atoms with Gasteiger partial charge in [-0.15, -0.1) is 0 Å². The number of aliphatic hydroxyl groups excluding tert-OH is 1. The minimum absolute atomic E-state index is 0.00351. The second-order valence-electron chi connectivity index (χ2n) is 8.58. The highest BCUT2D eigenvalue weighted by molar-refractivity contribution is 6.46. The molecule has 0 spiro atoms. The molecule has 1 atom stereocenters. The van der Waals surface area contributed by atoms with Crippen LogP contribution in [-0.4, -0.2) is 60.4 Å². The summed E-state index contributed by atoms with van der Waals surface area (Å²) in [6, 6.07) is 11.6. The van der Waals surface area contributed by atoms with Crippen molar-refractivity contribution in [2.24, 2.45) is 5.92 Å². The predicted molar refractivity (Wildman–Crippen MR) is 121 cm³/mol. The number of aliphatic hydroxyl groups is 1. The summed E-state index contributed by atoms with van der Waals surface area (Å²) in [7, 11) is 3.73. The summed E-state index contributed by atoms with van der Waals surface area (Å²) in [4.78, 5) is 29.1. The van der Waals surface area contributed by atoms with Crippen molar-refractivity contribution in [3.8, 4) is 5.75 Å². The molecule has 1 saturated heterocycles. The monoisotopic (exact) mass is 440 g/mol. The molecule has 7 heteroatoms. The average molecular weight is 441 g/mol. The smallest absolute Gasteiger partial charge is 0.295 e. The van der Waals surface area contributed by atoms with Crippen LogP contribution in [-0.2, 0) is 9.59 Å². The van der Waals surface area contributed by atoms with E-state index in [9.17, 15) is 19.1 Å². The van der Waals surface area contributed by atoms with E-state index in [0.717, 1.165) is 0 Å². The minimum Gasteiger partial charge on any atom is -0.507 e. The molecule has 1 aliphatic rings.